The Morgan fingerprint density at radius 3 is 2.46 bits per heavy atom. The zero-order valence-electron chi connectivity index (χ0n) is 7.77. The van der Waals surface area contributed by atoms with Crippen LogP contribution in [0.5, 0.6) is 0 Å². The quantitative estimate of drug-likeness (QED) is 0.667. The number of nitrogens with zero attached hydrogens (tertiary/aromatic N) is 1. The number of halogens is 3. The summed E-state index contributed by atoms with van der Waals surface area (Å²) in [6.07, 6.45) is -3.78. The highest BCUT2D eigenvalue weighted by atomic mass is 19.4. The van der Waals surface area contributed by atoms with E-state index in [0.717, 1.165) is 0 Å². The smallest absolute Gasteiger partial charge is 0.367 e. The van der Waals surface area contributed by atoms with Crippen LogP contribution in [-0.2, 0) is 4.74 Å². The molecule has 5 heteroatoms. The molecule has 0 aromatic rings. The fourth-order valence-corrected chi connectivity index (χ4v) is 1.47. The van der Waals surface area contributed by atoms with E-state index in [1.165, 1.54) is 0 Å². The lowest BCUT2D eigenvalue weighted by atomic mass is 10.2. The van der Waals surface area contributed by atoms with Crippen molar-refractivity contribution in [1.29, 1.82) is 0 Å². The second-order valence-electron chi connectivity index (χ2n) is 3.57. The zero-order valence-corrected chi connectivity index (χ0v) is 7.77. The third kappa shape index (κ3) is 3.52. The maximum absolute atomic E-state index is 11.8. The van der Waals surface area contributed by atoms with Gasteiger partial charge in [0, 0.05) is 12.6 Å². The van der Waals surface area contributed by atoms with Crippen LogP contribution in [0.4, 0.5) is 13.2 Å². The molecular weight excluding hydrogens is 183 g/mol. The molecule has 0 saturated carbocycles. The van der Waals surface area contributed by atoms with Crippen LogP contribution in [0.2, 0.25) is 0 Å². The Bertz CT molecular complexity index is 161. The Hall–Kier alpha value is -0.290. The van der Waals surface area contributed by atoms with Crippen molar-refractivity contribution in [2.24, 2.45) is 0 Å². The maximum Gasteiger partial charge on any atom is 0.411 e. The highest BCUT2D eigenvalue weighted by molar-refractivity contribution is 4.80. The molecule has 0 N–H and O–H groups in total. The van der Waals surface area contributed by atoms with E-state index in [0.29, 0.717) is 19.0 Å². The molecule has 1 fully saturated rings. The topological polar surface area (TPSA) is 12.5 Å². The molecule has 1 heterocycles. The molecule has 0 spiro atoms. The van der Waals surface area contributed by atoms with Gasteiger partial charge in [-0.1, -0.05) is 0 Å². The Labute approximate surface area is 75.7 Å². The standard InChI is InChI=1S/C8H14F3NO/c1-6-3-7(4-12(6)2)13-5-8(9,10)11/h6-7H,3-5H2,1-2H3/t6?,7-/m0/s1. The van der Waals surface area contributed by atoms with E-state index in [9.17, 15) is 13.2 Å². The first-order valence-corrected chi connectivity index (χ1v) is 4.27. The average Bonchev–Trinajstić information content (AvgIpc) is 2.27. The van der Waals surface area contributed by atoms with Crippen LogP contribution in [0.1, 0.15) is 13.3 Å². The first-order valence-electron chi connectivity index (χ1n) is 4.27. The monoisotopic (exact) mass is 197 g/mol. The van der Waals surface area contributed by atoms with Gasteiger partial charge in [-0.25, -0.2) is 0 Å². The predicted molar refractivity (Wildman–Crippen MR) is 42.5 cm³/mol. The van der Waals surface area contributed by atoms with Crippen LogP contribution in [0.25, 0.3) is 0 Å². The van der Waals surface area contributed by atoms with Crippen LogP contribution in [0.3, 0.4) is 0 Å². The Morgan fingerprint density at radius 2 is 2.08 bits per heavy atom. The molecule has 13 heavy (non-hydrogen) atoms. The molecule has 0 aliphatic carbocycles. The number of likely N-dealkylation sites (tertiary alicyclic amines) is 1. The predicted octanol–water partition coefficient (Wildman–Crippen LogP) is 1.66. The van der Waals surface area contributed by atoms with Crippen molar-refractivity contribution in [1.82, 2.24) is 4.90 Å². The SMILES string of the molecule is CC1C[C@H](OCC(F)(F)F)CN1C. The van der Waals surface area contributed by atoms with E-state index < -0.39 is 12.8 Å². The van der Waals surface area contributed by atoms with Crippen LogP contribution >= 0.6 is 0 Å². The fourth-order valence-electron chi connectivity index (χ4n) is 1.47. The largest absolute Gasteiger partial charge is 0.411 e. The van der Waals surface area contributed by atoms with Crippen molar-refractivity contribution in [2.75, 3.05) is 20.2 Å². The van der Waals surface area contributed by atoms with Crippen molar-refractivity contribution in [3.05, 3.63) is 0 Å². The van der Waals surface area contributed by atoms with Gasteiger partial charge in [-0.2, -0.15) is 13.2 Å². The van der Waals surface area contributed by atoms with E-state index in [1.54, 1.807) is 0 Å². The van der Waals surface area contributed by atoms with Gasteiger partial charge in [0.1, 0.15) is 6.61 Å². The molecule has 1 rings (SSSR count). The lowest BCUT2D eigenvalue weighted by molar-refractivity contribution is -0.183. The number of hydrogen-bond donors (Lipinski definition) is 0. The van der Waals surface area contributed by atoms with Gasteiger partial charge >= 0.3 is 6.18 Å². The van der Waals surface area contributed by atoms with Gasteiger partial charge < -0.3 is 9.64 Å². The Kier molecular flexibility index (Phi) is 3.18. The fraction of sp³-hybridized carbons (Fsp3) is 1.00. The van der Waals surface area contributed by atoms with Crippen LogP contribution in [-0.4, -0.2) is 43.4 Å². The van der Waals surface area contributed by atoms with Gasteiger partial charge in [-0.05, 0) is 20.4 Å². The number of rotatable bonds is 2. The zero-order chi connectivity index (χ0) is 10.1. The minimum absolute atomic E-state index is 0.262. The van der Waals surface area contributed by atoms with Gasteiger partial charge in [0.25, 0.3) is 0 Å². The van der Waals surface area contributed by atoms with E-state index in [1.807, 2.05) is 18.9 Å². The van der Waals surface area contributed by atoms with Gasteiger partial charge in [0.15, 0.2) is 0 Å². The second-order valence-corrected chi connectivity index (χ2v) is 3.57. The molecule has 0 aromatic heterocycles. The number of alkyl halides is 3. The van der Waals surface area contributed by atoms with E-state index in [2.05, 4.69) is 0 Å². The Morgan fingerprint density at radius 1 is 1.46 bits per heavy atom. The molecule has 0 radical (unpaired) electrons. The van der Waals surface area contributed by atoms with Crippen LogP contribution < -0.4 is 0 Å². The summed E-state index contributed by atoms with van der Waals surface area (Å²) in [5, 5.41) is 0. The van der Waals surface area contributed by atoms with Crippen molar-refractivity contribution >= 4 is 0 Å². The molecule has 1 saturated heterocycles. The van der Waals surface area contributed by atoms with Crippen molar-refractivity contribution in [3.8, 4) is 0 Å². The normalized spacial score (nSPS) is 31.2. The molecule has 1 aliphatic heterocycles. The minimum atomic E-state index is -4.20. The summed E-state index contributed by atoms with van der Waals surface area (Å²) in [6.45, 7) is 1.45. The molecule has 0 amide bonds. The first kappa shape index (κ1) is 10.8. The van der Waals surface area contributed by atoms with Crippen LogP contribution in [0, 0.1) is 0 Å². The highest BCUT2D eigenvalue weighted by Crippen LogP contribution is 2.21. The second kappa shape index (κ2) is 3.84. The molecule has 1 aliphatic rings. The average molecular weight is 197 g/mol. The van der Waals surface area contributed by atoms with E-state index in [-0.39, 0.29) is 6.10 Å². The summed E-state index contributed by atoms with van der Waals surface area (Å²) in [6, 6.07) is 0.318. The van der Waals surface area contributed by atoms with Gasteiger partial charge in [-0.15, -0.1) is 0 Å². The summed E-state index contributed by atoms with van der Waals surface area (Å²) in [4.78, 5) is 2.00. The van der Waals surface area contributed by atoms with Gasteiger partial charge in [0.2, 0.25) is 0 Å². The molecule has 2 nitrogen and oxygen atoms in total. The lowest BCUT2D eigenvalue weighted by Crippen LogP contribution is -2.26. The third-order valence-corrected chi connectivity index (χ3v) is 2.33. The number of ether oxygens (including phenoxy) is 1. The van der Waals surface area contributed by atoms with Gasteiger partial charge in [0.05, 0.1) is 6.10 Å². The third-order valence-electron chi connectivity index (χ3n) is 2.33. The summed E-state index contributed by atoms with van der Waals surface area (Å²) in [5.74, 6) is 0. The molecular formula is C8H14F3NO. The Balaban J connectivity index is 2.25. The molecule has 2 atom stereocenters. The summed E-state index contributed by atoms with van der Waals surface area (Å²) < 4.78 is 40.0. The van der Waals surface area contributed by atoms with E-state index in [4.69, 9.17) is 4.74 Å². The first-order chi connectivity index (χ1) is 5.88. The minimum Gasteiger partial charge on any atom is -0.367 e. The summed E-state index contributed by atoms with van der Waals surface area (Å²) in [7, 11) is 1.89. The number of likely N-dealkylation sites (N-methyl/N-ethyl adjacent to an activating group) is 1. The summed E-state index contributed by atoms with van der Waals surface area (Å²) in [5.41, 5.74) is 0. The maximum atomic E-state index is 11.8. The molecule has 1 unspecified atom stereocenters. The van der Waals surface area contributed by atoms with Crippen molar-refractivity contribution in [3.63, 3.8) is 0 Å². The molecule has 0 bridgehead atoms. The lowest BCUT2D eigenvalue weighted by Gasteiger charge is -2.13. The molecule has 78 valence electrons. The molecule has 0 aromatic carbocycles. The van der Waals surface area contributed by atoms with Crippen molar-refractivity contribution < 1.29 is 17.9 Å². The summed E-state index contributed by atoms with van der Waals surface area (Å²) >= 11 is 0. The highest BCUT2D eigenvalue weighted by Gasteiger charge is 2.32. The van der Waals surface area contributed by atoms with Gasteiger partial charge in [-0.3, -0.25) is 0 Å². The van der Waals surface area contributed by atoms with E-state index >= 15 is 0 Å². The van der Waals surface area contributed by atoms with Crippen LogP contribution in [0.15, 0.2) is 0 Å². The van der Waals surface area contributed by atoms with Crippen molar-refractivity contribution in [2.45, 2.75) is 31.7 Å². The number of hydrogen-bond acceptors (Lipinski definition) is 2.